The van der Waals surface area contributed by atoms with Crippen LogP contribution in [0.2, 0.25) is 0 Å². The minimum Gasteiger partial charge on any atom is -0.390 e. The number of fused-ring (bicyclic) bond motifs is 1. The molecule has 150 valence electrons. The fourth-order valence-electron chi connectivity index (χ4n) is 6.46. The summed E-state index contributed by atoms with van der Waals surface area (Å²) in [5.41, 5.74) is 1.30. The zero-order valence-electron chi connectivity index (χ0n) is 16.6. The van der Waals surface area contributed by atoms with E-state index < -0.39 is 5.60 Å². The van der Waals surface area contributed by atoms with Gasteiger partial charge < -0.3 is 15.7 Å². The van der Waals surface area contributed by atoms with Crippen molar-refractivity contribution in [3.63, 3.8) is 0 Å². The van der Waals surface area contributed by atoms with Crippen molar-refractivity contribution in [1.29, 1.82) is 0 Å². The van der Waals surface area contributed by atoms with Crippen molar-refractivity contribution in [2.45, 2.75) is 56.6 Å². The zero-order valence-corrected chi connectivity index (χ0v) is 16.6. The van der Waals surface area contributed by atoms with E-state index in [9.17, 15) is 5.11 Å². The monoisotopic (exact) mass is 390 g/mol. The number of nitrogens with zero attached hydrogens (tertiary/aromatic N) is 3. The summed E-state index contributed by atoms with van der Waals surface area (Å²) in [7, 11) is 0. The van der Waals surface area contributed by atoms with Gasteiger partial charge in [-0.25, -0.2) is 4.98 Å². The Labute approximate surface area is 169 Å². The molecule has 2 atom stereocenters. The second-order valence-electron chi connectivity index (χ2n) is 9.58. The molecule has 0 spiro atoms. The number of nitrogens with one attached hydrogen (secondary N) is 3. The minimum absolute atomic E-state index is 0.0733. The molecule has 4 fully saturated rings. The maximum absolute atomic E-state index is 11.1. The van der Waals surface area contributed by atoms with Crippen molar-refractivity contribution in [3.05, 3.63) is 36.2 Å². The number of aryl methyl sites for hydroxylation is 1. The summed E-state index contributed by atoms with van der Waals surface area (Å²) < 4.78 is 0. The zero-order chi connectivity index (χ0) is 19.6. The summed E-state index contributed by atoms with van der Waals surface area (Å²) in [5.74, 6) is 3.53. The summed E-state index contributed by atoms with van der Waals surface area (Å²) in [6.45, 7) is 1.97. The van der Waals surface area contributed by atoms with Crippen molar-refractivity contribution in [2.24, 2.45) is 11.8 Å². The molecule has 3 aromatic rings. The molecular formula is C22H26N6O. The third-order valence-electron chi connectivity index (χ3n) is 6.98. The van der Waals surface area contributed by atoms with Gasteiger partial charge in [0.15, 0.2) is 5.82 Å². The third kappa shape index (κ3) is 2.95. The van der Waals surface area contributed by atoms with Crippen LogP contribution in [-0.4, -0.2) is 36.4 Å². The van der Waals surface area contributed by atoms with Crippen LogP contribution >= 0.6 is 0 Å². The first-order valence-electron chi connectivity index (χ1n) is 10.5. The van der Waals surface area contributed by atoms with E-state index in [4.69, 9.17) is 4.98 Å². The molecule has 4 aliphatic rings. The molecule has 0 aliphatic heterocycles. The van der Waals surface area contributed by atoms with Crippen LogP contribution in [0.4, 0.5) is 17.5 Å². The molecule has 7 rings (SSSR count). The molecule has 0 saturated heterocycles. The number of H-pyrrole nitrogens is 1. The van der Waals surface area contributed by atoms with Gasteiger partial charge in [-0.1, -0.05) is 0 Å². The van der Waals surface area contributed by atoms with Gasteiger partial charge in [0.25, 0.3) is 0 Å². The lowest BCUT2D eigenvalue weighted by Crippen LogP contribution is -2.62. The normalized spacial score (nSPS) is 32.6. The van der Waals surface area contributed by atoms with Gasteiger partial charge >= 0.3 is 0 Å². The quantitative estimate of drug-likeness (QED) is 0.539. The number of aliphatic hydroxyl groups is 1. The van der Waals surface area contributed by atoms with Crippen LogP contribution in [0.3, 0.4) is 0 Å². The van der Waals surface area contributed by atoms with Gasteiger partial charge in [0.1, 0.15) is 11.6 Å². The van der Waals surface area contributed by atoms with E-state index in [-0.39, 0.29) is 5.54 Å². The lowest BCUT2D eigenvalue weighted by molar-refractivity contribution is -0.127. The molecule has 4 bridgehead atoms. The van der Waals surface area contributed by atoms with E-state index in [0.717, 1.165) is 60.3 Å². The molecule has 3 heterocycles. The van der Waals surface area contributed by atoms with Gasteiger partial charge in [-0.3, -0.25) is 10.1 Å². The van der Waals surface area contributed by atoms with Crippen LogP contribution in [0, 0.1) is 18.8 Å². The summed E-state index contributed by atoms with van der Waals surface area (Å²) in [4.78, 5) is 9.47. The largest absolute Gasteiger partial charge is 0.390 e. The maximum atomic E-state index is 11.1. The standard InChI is InChI=1S/C22H26N6O/c1-13-5-19(28-27-13)24-18-7-17-16(3-2-4-23-17)20(25-18)26-21-8-14-6-15(9-21)11-22(29,10-14)12-21/h2-5,7,14-15,29H,6,8-12H2,1H3,(H3,24,25,26,27,28). The predicted octanol–water partition coefficient (Wildman–Crippen LogP) is 3.90. The first-order valence-corrected chi connectivity index (χ1v) is 10.5. The van der Waals surface area contributed by atoms with E-state index >= 15 is 0 Å². The van der Waals surface area contributed by atoms with Crippen molar-refractivity contribution < 1.29 is 5.11 Å². The average molecular weight is 390 g/mol. The highest BCUT2D eigenvalue weighted by Crippen LogP contribution is 2.58. The SMILES string of the molecule is Cc1cc(Nc2cc3ncccc3c(NC34CC5CC(CC(O)(C5)C3)C4)n2)n[nH]1. The Morgan fingerprint density at radius 3 is 2.69 bits per heavy atom. The van der Waals surface area contributed by atoms with Crippen molar-refractivity contribution in [3.8, 4) is 0 Å². The van der Waals surface area contributed by atoms with Gasteiger partial charge in [-0.05, 0) is 69.4 Å². The Balaban J connectivity index is 1.39. The molecule has 0 amide bonds. The second kappa shape index (κ2) is 5.92. The highest BCUT2D eigenvalue weighted by atomic mass is 16.3. The average Bonchev–Trinajstić information content (AvgIpc) is 3.04. The van der Waals surface area contributed by atoms with Gasteiger partial charge in [0.05, 0.1) is 11.1 Å². The molecule has 4 aliphatic carbocycles. The van der Waals surface area contributed by atoms with E-state index in [1.54, 1.807) is 0 Å². The number of hydrogen-bond donors (Lipinski definition) is 4. The van der Waals surface area contributed by atoms with Gasteiger partial charge in [-0.2, -0.15) is 5.10 Å². The highest BCUT2D eigenvalue weighted by molar-refractivity contribution is 5.91. The van der Waals surface area contributed by atoms with Gasteiger partial charge in [0.2, 0.25) is 0 Å². The molecule has 7 nitrogen and oxygen atoms in total. The van der Waals surface area contributed by atoms with E-state index in [2.05, 4.69) is 31.9 Å². The summed E-state index contributed by atoms with van der Waals surface area (Å²) in [6, 6.07) is 7.92. The van der Waals surface area contributed by atoms with Crippen LogP contribution < -0.4 is 10.6 Å². The first kappa shape index (κ1) is 17.2. The van der Waals surface area contributed by atoms with E-state index in [0.29, 0.717) is 17.7 Å². The maximum Gasteiger partial charge on any atom is 0.153 e. The van der Waals surface area contributed by atoms with Crippen LogP contribution in [0.1, 0.15) is 44.2 Å². The molecule has 4 saturated carbocycles. The molecule has 29 heavy (non-hydrogen) atoms. The molecule has 0 aromatic carbocycles. The van der Waals surface area contributed by atoms with E-state index in [1.807, 2.05) is 31.3 Å². The molecule has 3 aromatic heterocycles. The lowest BCUT2D eigenvalue weighted by atomic mass is 9.51. The minimum atomic E-state index is -0.506. The van der Waals surface area contributed by atoms with E-state index in [1.165, 1.54) is 6.42 Å². The number of aromatic nitrogens is 4. The Morgan fingerprint density at radius 1 is 1.14 bits per heavy atom. The molecule has 2 unspecified atom stereocenters. The molecule has 7 heteroatoms. The summed E-state index contributed by atoms with van der Waals surface area (Å²) in [5, 5.41) is 26.4. The second-order valence-corrected chi connectivity index (χ2v) is 9.58. The van der Waals surface area contributed by atoms with Crippen molar-refractivity contribution in [1.82, 2.24) is 20.2 Å². The van der Waals surface area contributed by atoms with Crippen molar-refractivity contribution >= 4 is 28.4 Å². The van der Waals surface area contributed by atoms with Gasteiger partial charge in [0, 0.05) is 34.9 Å². The number of rotatable bonds is 4. The summed E-state index contributed by atoms with van der Waals surface area (Å²) >= 11 is 0. The topological polar surface area (TPSA) is 98.8 Å². The Bertz CT molecular complexity index is 1080. The number of aromatic amines is 1. The highest BCUT2D eigenvalue weighted by Gasteiger charge is 2.57. The smallest absolute Gasteiger partial charge is 0.153 e. The fourth-order valence-corrected chi connectivity index (χ4v) is 6.46. The van der Waals surface area contributed by atoms with Crippen molar-refractivity contribution in [2.75, 3.05) is 10.6 Å². The molecular weight excluding hydrogens is 364 g/mol. The van der Waals surface area contributed by atoms with Crippen LogP contribution in [0.25, 0.3) is 10.9 Å². The fraction of sp³-hybridized carbons (Fsp3) is 0.500. The number of hydrogen-bond acceptors (Lipinski definition) is 6. The predicted molar refractivity (Wildman–Crippen MR) is 112 cm³/mol. The van der Waals surface area contributed by atoms with Gasteiger partial charge in [-0.15, -0.1) is 0 Å². The summed E-state index contributed by atoms with van der Waals surface area (Å²) in [6.07, 6.45) is 8.04. The Kier molecular flexibility index (Phi) is 3.51. The Morgan fingerprint density at radius 2 is 1.97 bits per heavy atom. The van der Waals surface area contributed by atoms with Crippen LogP contribution in [0.5, 0.6) is 0 Å². The molecule has 0 radical (unpaired) electrons. The Hall–Kier alpha value is -2.67. The number of anilines is 3. The lowest BCUT2D eigenvalue weighted by Gasteiger charge is -2.60. The third-order valence-corrected chi connectivity index (χ3v) is 6.98. The van der Waals surface area contributed by atoms with Crippen LogP contribution in [0.15, 0.2) is 30.5 Å². The first-order chi connectivity index (χ1) is 14.0. The molecule has 4 N–H and O–H groups in total. The number of pyridine rings is 2. The van der Waals surface area contributed by atoms with Crippen LogP contribution in [-0.2, 0) is 0 Å².